The molecule has 0 aromatic rings. The van der Waals surface area contributed by atoms with Crippen LogP contribution in [-0.2, 0) is 4.74 Å². The fourth-order valence-corrected chi connectivity index (χ4v) is 4.74. The minimum atomic E-state index is 0.639. The van der Waals surface area contributed by atoms with Gasteiger partial charge >= 0.3 is 0 Å². The fourth-order valence-electron chi connectivity index (χ4n) is 4.74. The summed E-state index contributed by atoms with van der Waals surface area (Å²) in [5.74, 6) is 3.23. The monoisotopic (exact) mass is 180 g/mol. The van der Waals surface area contributed by atoms with Gasteiger partial charge in [0.15, 0.2) is 0 Å². The van der Waals surface area contributed by atoms with E-state index in [4.69, 9.17) is 4.74 Å². The van der Waals surface area contributed by atoms with Crippen LogP contribution in [0.1, 0.15) is 38.5 Å². The second-order valence-electron chi connectivity index (χ2n) is 5.50. The van der Waals surface area contributed by atoms with E-state index in [2.05, 4.69) is 0 Å². The van der Waals surface area contributed by atoms with E-state index in [0.29, 0.717) is 5.41 Å². The van der Waals surface area contributed by atoms with Gasteiger partial charge in [0.1, 0.15) is 0 Å². The molecule has 0 saturated heterocycles. The summed E-state index contributed by atoms with van der Waals surface area (Å²) in [6.07, 6.45) is 9.00. The lowest BCUT2D eigenvalue weighted by Gasteiger charge is -2.35. The molecule has 4 unspecified atom stereocenters. The van der Waals surface area contributed by atoms with Crippen molar-refractivity contribution in [1.29, 1.82) is 0 Å². The Hall–Kier alpha value is -0.0400. The predicted molar refractivity (Wildman–Crippen MR) is 52.5 cm³/mol. The molecule has 2 bridgehead atoms. The van der Waals surface area contributed by atoms with E-state index in [1.54, 1.807) is 0 Å². The molecule has 4 atom stereocenters. The third kappa shape index (κ3) is 0.971. The average Bonchev–Trinajstić information content (AvgIpc) is 2.73. The van der Waals surface area contributed by atoms with Crippen LogP contribution in [0.25, 0.3) is 0 Å². The van der Waals surface area contributed by atoms with E-state index in [0.717, 1.165) is 24.4 Å². The van der Waals surface area contributed by atoms with E-state index in [-0.39, 0.29) is 0 Å². The topological polar surface area (TPSA) is 9.23 Å². The Kier molecular flexibility index (Phi) is 1.74. The zero-order chi connectivity index (χ0) is 8.89. The second kappa shape index (κ2) is 2.73. The van der Waals surface area contributed by atoms with Crippen LogP contribution in [-0.4, -0.2) is 13.7 Å². The Labute approximate surface area is 80.8 Å². The SMILES string of the molecule is COCC12CCC(C1)C1CCCC12. The van der Waals surface area contributed by atoms with Gasteiger partial charge in [-0.2, -0.15) is 0 Å². The standard InChI is InChI=1S/C12H20O/c1-13-8-12-6-5-9(7-12)10-3-2-4-11(10)12/h9-11H,2-8H2,1H3. The third-order valence-corrected chi connectivity index (χ3v) is 5.08. The van der Waals surface area contributed by atoms with E-state index < -0.39 is 0 Å². The summed E-state index contributed by atoms with van der Waals surface area (Å²) in [5.41, 5.74) is 0.639. The quantitative estimate of drug-likeness (QED) is 0.635. The van der Waals surface area contributed by atoms with Gasteiger partial charge in [0.05, 0.1) is 6.61 Å². The van der Waals surface area contributed by atoms with Crippen molar-refractivity contribution in [1.82, 2.24) is 0 Å². The van der Waals surface area contributed by atoms with Gasteiger partial charge in [-0.1, -0.05) is 6.42 Å². The smallest absolute Gasteiger partial charge is 0.0521 e. The summed E-state index contributed by atoms with van der Waals surface area (Å²) < 4.78 is 5.45. The molecular formula is C12H20O. The lowest BCUT2D eigenvalue weighted by Crippen LogP contribution is -2.31. The first-order valence-electron chi connectivity index (χ1n) is 5.85. The van der Waals surface area contributed by atoms with Crippen LogP contribution in [0.4, 0.5) is 0 Å². The molecular weight excluding hydrogens is 160 g/mol. The van der Waals surface area contributed by atoms with Crippen molar-refractivity contribution in [2.45, 2.75) is 38.5 Å². The summed E-state index contributed by atoms with van der Waals surface area (Å²) in [4.78, 5) is 0. The van der Waals surface area contributed by atoms with Gasteiger partial charge in [-0.05, 0) is 55.3 Å². The van der Waals surface area contributed by atoms with Crippen molar-refractivity contribution in [3.63, 3.8) is 0 Å². The zero-order valence-electron chi connectivity index (χ0n) is 8.59. The Morgan fingerprint density at radius 3 is 3.08 bits per heavy atom. The molecule has 0 radical (unpaired) electrons. The highest BCUT2D eigenvalue weighted by Gasteiger charge is 2.58. The molecule has 0 heterocycles. The van der Waals surface area contributed by atoms with Crippen molar-refractivity contribution >= 4 is 0 Å². The van der Waals surface area contributed by atoms with Crippen LogP contribution >= 0.6 is 0 Å². The van der Waals surface area contributed by atoms with Crippen molar-refractivity contribution < 1.29 is 4.74 Å². The number of fused-ring (bicyclic) bond motifs is 5. The molecule has 74 valence electrons. The highest BCUT2D eigenvalue weighted by atomic mass is 16.5. The molecule has 3 rings (SSSR count). The van der Waals surface area contributed by atoms with Crippen LogP contribution in [0, 0.1) is 23.2 Å². The number of hydrogen-bond donors (Lipinski definition) is 0. The molecule has 0 spiro atoms. The molecule has 0 aromatic heterocycles. The maximum atomic E-state index is 5.45. The Morgan fingerprint density at radius 1 is 1.31 bits per heavy atom. The summed E-state index contributed by atoms with van der Waals surface area (Å²) in [6.45, 7) is 1.05. The number of hydrogen-bond acceptors (Lipinski definition) is 1. The zero-order valence-corrected chi connectivity index (χ0v) is 8.59. The molecule has 3 saturated carbocycles. The highest BCUT2D eigenvalue weighted by molar-refractivity contribution is 5.07. The molecule has 0 amide bonds. The third-order valence-electron chi connectivity index (χ3n) is 5.08. The Balaban J connectivity index is 1.87. The Morgan fingerprint density at radius 2 is 2.23 bits per heavy atom. The maximum Gasteiger partial charge on any atom is 0.0521 e. The molecule has 3 fully saturated rings. The Bertz CT molecular complexity index is 213. The van der Waals surface area contributed by atoms with Crippen LogP contribution in [0.15, 0.2) is 0 Å². The first-order chi connectivity index (χ1) is 6.36. The summed E-state index contributed by atoms with van der Waals surface area (Å²) in [7, 11) is 1.88. The van der Waals surface area contributed by atoms with Gasteiger partial charge < -0.3 is 4.74 Å². The van der Waals surface area contributed by atoms with Crippen molar-refractivity contribution in [2.24, 2.45) is 23.2 Å². The molecule has 0 aromatic carbocycles. The number of ether oxygens (including phenoxy) is 1. The van der Waals surface area contributed by atoms with Crippen molar-refractivity contribution in [3.05, 3.63) is 0 Å². The maximum absolute atomic E-state index is 5.45. The molecule has 0 N–H and O–H groups in total. The summed E-state index contributed by atoms with van der Waals surface area (Å²) in [6, 6.07) is 0. The van der Waals surface area contributed by atoms with E-state index in [1.807, 2.05) is 7.11 Å². The first kappa shape index (κ1) is 8.28. The highest BCUT2D eigenvalue weighted by Crippen LogP contribution is 2.65. The molecule has 1 nitrogen and oxygen atoms in total. The largest absolute Gasteiger partial charge is 0.384 e. The van der Waals surface area contributed by atoms with Crippen molar-refractivity contribution in [3.8, 4) is 0 Å². The molecule has 3 aliphatic carbocycles. The minimum Gasteiger partial charge on any atom is -0.384 e. The fraction of sp³-hybridized carbons (Fsp3) is 1.00. The lowest BCUT2D eigenvalue weighted by molar-refractivity contribution is 0.0384. The van der Waals surface area contributed by atoms with Gasteiger partial charge in [-0.25, -0.2) is 0 Å². The van der Waals surface area contributed by atoms with Gasteiger partial charge in [-0.3, -0.25) is 0 Å². The van der Waals surface area contributed by atoms with Gasteiger partial charge in [0.2, 0.25) is 0 Å². The molecule has 0 aliphatic heterocycles. The summed E-state index contributed by atoms with van der Waals surface area (Å²) in [5, 5.41) is 0. The average molecular weight is 180 g/mol. The number of methoxy groups -OCH3 is 1. The normalized spacial score (nSPS) is 52.8. The van der Waals surface area contributed by atoms with Crippen LogP contribution in [0.5, 0.6) is 0 Å². The number of rotatable bonds is 2. The van der Waals surface area contributed by atoms with Gasteiger partial charge in [-0.15, -0.1) is 0 Å². The van der Waals surface area contributed by atoms with Gasteiger partial charge in [0.25, 0.3) is 0 Å². The predicted octanol–water partition coefficient (Wildman–Crippen LogP) is 2.85. The first-order valence-corrected chi connectivity index (χ1v) is 5.85. The summed E-state index contributed by atoms with van der Waals surface area (Å²) >= 11 is 0. The van der Waals surface area contributed by atoms with E-state index >= 15 is 0 Å². The minimum absolute atomic E-state index is 0.639. The van der Waals surface area contributed by atoms with Gasteiger partial charge in [0, 0.05) is 7.11 Å². The van der Waals surface area contributed by atoms with E-state index in [1.165, 1.54) is 38.5 Å². The molecule has 13 heavy (non-hydrogen) atoms. The van der Waals surface area contributed by atoms with Crippen LogP contribution in [0.2, 0.25) is 0 Å². The van der Waals surface area contributed by atoms with Crippen LogP contribution < -0.4 is 0 Å². The van der Waals surface area contributed by atoms with E-state index in [9.17, 15) is 0 Å². The molecule has 1 heteroatoms. The van der Waals surface area contributed by atoms with Crippen molar-refractivity contribution in [2.75, 3.05) is 13.7 Å². The molecule has 3 aliphatic rings. The van der Waals surface area contributed by atoms with Crippen LogP contribution in [0.3, 0.4) is 0 Å². The lowest BCUT2D eigenvalue weighted by atomic mass is 9.72. The second-order valence-corrected chi connectivity index (χ2v) is 5.50.